The molecule has 194 valence electrons. The van der Waals surface area contributed by atoms with Crippen LogP contribution in [0.4, 0.5) is 34.1 Å². The lowest BCUT2D eigenvalue weighted by molar-refractivity contribution is -0.137. The van der Waals surface area contributed by atoms with E-state index in [0.717, 1.165) is 33.3 Å². The number of anilines is 2. The minimum absolute atomic E-state index is 0.0197. The van der Waals surface area contributed by atoms with Crippen molar-refractivity contribution >= 4 is 52.3 Å². The molecule has 2 saturated heterocycles. The number of halogens is 4. The van der Waals surface area contributed by atoms with E-state index in [-0.39, 0.29) is 44.2 Å². The molecule has 0 saturated carbocycles. The van der Waals surface area contributed by atoms with Crippen LogP contribution in [0.2, 0.25) is 4.34 Å². The quantitative estimate of drug-likeness (QED) is 0.550. The normalized spacial score (nSPS) is 18.6. The van der Waals surface area contributed by atoms with Crippen molar-refractivity contribution < 1.29 is 37.4 Å². The molecule has 2 aliphatic rings. The van der Waals surface area contributed by atoms with Gasteiger partial charge >= 0.3 is 18.3 Å². The molecule has 14 heteroatoms. The minimum atomic E-state index is -4.80. The molecule has 0 bridgehead atoms. The Bertz CT molecular complexity index is 1160. The number of ether oxygens (including phenoxy) is 1. The topological polar surface area (TPSA) is 102 Å². The zero-order chi connectivity index (χ0) is 26.0. The maximum atomic E-state index is 14.0. The second-order valence-electron chi connectivity index (χ2n) is 8.13. The van der Waals surface area contributed by atoms with Gasteiger partial charge in [0.2, 0.25) is 0 Å². The molecule has 36 heavy (non-hydrogen) atoms. The lowest BCUT2D eigenvalue weighted by Gasteiger charge is -2.36. The fourth-order valence-corrected chi connectivity index (χ4v) is 5.02. The van der Waals surface area contributed by atoms with Crippen molar-refractivity contribution in [3.8, 4) is 0 Å². The second-order valence-corrected chi connectivity index (χ2v) is 9.84. The van der Waals surface area contributed by atoms with E-state index >= 15 is 0 Å². The SMILES string of the molecule is O=C(NC[C@H]1CN(c2ccc(N3CCCN(CCO)C3=O)c(C(F)(F)F)c2)C(=O)O1)c1ccc(Cl)s1. The number of amides is 4. The van der Waals surface area contributed by atoms with Crippen LogP contribution >= 0.6 is 22.9 Å². The highest BCUT2D eigenvalue weighted by Gasteiger charge is 2.40. The number of β-amino-alcohol motifs (C(OH)–C–C–N with tert-alkyl or cyclic N) is 1. The first-order valence-corrected chi connectivity index (χ1v) is 12.2. The van der Waals surface area contributed by atoms with Crippen LogP contribution in [0, 0.1) is 0 Å². The summed E-state index contributed by atoms with van der Waals surface area (Å²) in [6, 6.07) is 5.77. The van der Waals surface area contributed by atoms with Gasteiger partial charge in [-0.25, -0.2) is 9.59 Å². The molecule has 1 aromatic carbocycles. The third-order valence-corrected chi connectivity index (χ3v) is 6.96. The number of aliphatic hydroxyl groups excluding tert-OH is 1. The van der Waals surface area contributed by atoms with Gasteiger partial charge in [-0.1, -0.05) is 11.6 Å². The van der Waals surface area contributed by atoms with Crippen LogP contribution < -0.4 is 15.1 Å². The number of hydrogen-bond acceptors (Lipinski definition) is 6. The van der Waals surface area contributed by atoms with E-state index < -0.39 is 35.9 Å². The Morgan fingerprint density at radius 1 is 1.19 bits per heavy atom. The van der Waals surface area contributed by atoms with Gasteiger partial charge < -0.3 is 20.1 Å². The number of benzene rings is 1. The predicted octanol–water partition coefficient (Wildman–Crippen LogP) is 3.80. The third-order valence-electron chi connectivity index (χ3n) is 5.73. The molecule has 4 rings (SSSR count). The molecule has 0 spiro atoms. The standard InChI is InChI=1S/C22H22ClF3N4O5S/c23-18-5-4-17(36-18)19(32)27-11-14-12-30(21(34)35-14)13-2-3-16(15(10-13)22(24,25)26)29-7-1-6-28(8-9-31)20(29)33/h2-5,10,14,31H,1,6-9,11-12H2,(H,27,32)/t14-/m0/s1. The van der Waals surface area contributed by atoms with Crippen molar-refractivity contribution in [3.63, 3.8) is 0 Å². The molecule has 0 unspecified atom stereocenters. The lowest BCUT2D eigenvalue weighted by Crippen LogP contribution is -2.50. The minimum Gasteiger partial charge on any atom is -0.442 e. The fraction of sp³-hybridized carbons (Fsp3) is 0.409. The van der Waals surface area contributed by atoms with E-state index in [9.17, 15) is 27.6 Å². The molecule has 2 fully saturated rings. The van der Waals surface area contributed by atoms with E-state index in [1.807, 2.05) is 0 Å². The molecule has 0 radical (unpaired) electrons. The van der Waals surface area contributed by atoms with Crippen molar-refractivity contribution in [1.82, 2.24) is 10.2 Å². The predicted molar refractivity (Wildman–Crippen MR) is 127 cm³/mol. The van der Waals surface area contributed by atoms with E-state index in [2.05, 4.69) is 5.32 Å². The van der Waals surface area contributed by atoms with Crippen molar-refractivity contribution in [2.45, 2.75) is 18.7 Å². The van der Waals surface area contributed by atoms with Crippen LogP contribution in [0.1, 0.15) is 21.7 Å². The largest absolute Gasteiger partial charge is 0.442 e. The van der Waals surface area contributed by atoms with Gasteiger partial charge in [-0.2, -0.15) is 13.2 Å². The molecular formula is C22H22ClF3N4O5S. The van der Waals surface area contributed by atoms with Gasteiger partial charge in [0.15, 0.2) is 0 Å². The number of rotatable bonds is 7. The highest BCUT2D eigenvalue weighted by molar-refractivity contribution is 7.18. The van der Waals surface area contributed by atoms with Gasteiger partial charge in [0.25, 0.3) is 5.91 Å². The van der Waals surface area contributed by atoms with Crippen molar-refractivity contribution in [3.05, 3.63) is 45.1 Å². The van der Waals surface area contributed by atoms with Crippen LogP contribution in [0.5, 0.6) is 0 Å². The van der Waals surface area contributed by atoms with Crippen LogP contribution in [0.3, 0.4) is 0 Å². The Kier molecular flexibility index (Phi) is 7.62. The van der Waals surface area contributed by atoms with E-state index in [1.54, 1.807) is 12.1 Å². The number of nitrogens with zero attached hydrogens (tertiary/aromatic N) is 3. The van der Waals surface area contributed by atoms with Gasteiger partial charge in [0, 0.05) is 25.3 Å². The number of carbonyl (C=O) groups excluding carboxylic acids is 3. The number of urea groups is 1. The molecule has 2 N–H and O–H groups in total. The first kappa shape index (κ1) is 26.0. The first-order valence-electron chi connectivity index (χ1n) is 11.0. The van der Waals surface area contributed by atoms with Crippen molar-refractivity contribution in [1.29, 1.82) is 0 Å². The summed E-state index contributed by atoms with van der Waals surface area (Å²) in [5.41, 5.74) is -1.45. The summed E-state index contributed by atoms with van der Waals surface area (Å²) in [6.07, 6.45) is -5.99. The van der Waals surface area contributed by atoms with Crippen LogP contribution in [0.15, 0.2) is 30.3 Å². The highest BCUT2D eigenvalue weighted by Crippen LogP contribution is 2.40. The zero-order valence-corrected chi connectivity index (χ0v) is 20.3. The molecule has 0 aliphatic carbocycles. The van der Waals surface area contributed by atoms with Crippen LogP contribution in [0.25, 0.3) is 0 Å². The van der Waals surface area contributed by atoms with E-state index in [1.165, 1.54) is 11.0 Å². The summed E-state index contributed by atoms with van der Waals surface area (Å²) in [7, 11) is 0. The summed E-state index contributed by atoms with van der Waals surface area (Å²) in [6.45, 7) is 0.0342. The maximum absolute atomic E-state index is 14.0. The number of alkyl halides is 3. The molecule has 1 aromatic heterocycles. The molecule has 1 atom stereocenters. The van der Waals surface area contributed by atoms with E-state index in [0.29, 0.717) is 22.2 Å². The van der Waals surface area contributed by atoms with E-state index in [4.69, 9.17) is 21.4 Å². The molecule has 4 amide bonds. The number of carbonyl (C=O) groups is 3. The summed E-state index contributed by atoms with van der Waals surface area (Å²) in [5, 5.41) is 11.8. The molecule has 2 aromatic rings. The average molecular weight is 547 g/mol. The summed E-state index contributed by atoms with van der Waals surface area (Å²) in [5.74, 6) is -0.411. The summed E-state index contributed by atoms with van der Waals surface area (Å²) < 4.78 is 47.7. The van der Waals surface area contributed by atoms with Crippen LogP contribution in [-0.2, 0) is 10.9 Å². The monoisotopic (exact) mass is 546 g/mol. The van der Waals surface area contributed by atoms with Gasteiger partial charge in [-0.3, -0.25) is 14.6 Å². The van der Waals surface area contributed by atoms with Gasteiger partial charge in [-0.15, -0.1) is 11.3 Å². The number of cyclic esters (lactones) is 1. The number of aliphatic hydroxyl groups is 1. The Labute approximate surface area is 213 Å². The molecule has 2 aliphatic heterocycles. The third kappa shape index (κ3) is 5.52. The van der Waals surface area contributed by atoms with Crippen LogP contribution in [-0.4, -0.2) is 73.5 Å². The second kappa shape index (κ2) is 10.5. The number of hydrogen-bond donors (Lipinski definition) is 2. The fourth-order valence-electron chi connectivity index (χ4n) is 4.06. The number of thiophene rings is 1. The highest BCUT2D eigenvalue weighted by atomic mass is 35.5. The first-order chi connectivity index (χ1) is 17.1. The Hall–Kier alpha value is -3.03. The maximum Gasteiger partial charge on any atom is 0.418 e. The smallest absolute Gasteiger partial charge is 0.418 e. The van der Waals surface area contributed by atoms with Gasteiger partial charge in [0.05, 0.1) is 40.2 Å². The molecule has 9 nitrogen and oxygen atoms in total. The van der Waals surface area contributed by atoms with Crippen molar-refractivity contribution in [2.75, 3.05) is 49.1 Å². The molecular weight excluding hydrogens is 525 g/mol. The number of nitrogens with one attached hydrogen (secondary N) is 1. The van der Waals surface area contributed by atoms with Gasteiger partial charge in [0.1, 0.15) is 6.10 Å². The molecule has 3 heterocycles. The lowest BCUT2D eigenvalue weighted by atomic mass is 10.1. The summed E-state index contributed by atoms with van der Waals surface area (Å²) in [4.78, 5) is 41.1. The van der Waals surface area contributed by atoms with Gasteiger partial charge in [-0.05, 0) is 36.8 Å². The van der Waals surface area contributed by atoms with Crippen molar-refractivity contribution in [2.24, 2.45) is 0 Å². The summed E-state index contributed by atoms with van der Waals surface area (Å²) >= 11 is 6.90. The Morgan fingerprint density at radius 3 is 2.64 bits per heavy atom. The Morgan fingerprint density at radius 2 is 1.97 bits per heavy atom. The average Bonchev–Trinajstić information content (AvgIpc) is 3.43. The Balaban J connectivity index is 1.50. The zero-order valence-electron chi connectivity index (χ0n) is 18.8.